The van der Waals surface area contributed by atoms with Gasteiger partial charge in [-0.05, 0) is 18.4 Å². The third-order valence-corrected chi connectivity index (χ3v) is 4.29. The van der Waals surface area contributed by atoms with Gasteiger partial charge in [0, 0.05) is 19.6 Å². The summed E-state index contributed by atoms with van der Waals surface area (Å²) in [7, 11) is 0. The van der Waals surface area contributed by atoms with E-state index in [1.54, 1.807) is 12.1 Å². The molecule has 1 heterocycles. The maximum Gasteiger partial charge on any atom is 0.410 e. The number of benzene rings is 1. The maximum atomic E-state index is 12.7. The molecule has 1 fully saturated rings. The largest absolute Gasteiger partial charge is 0.445 e. The summed E-state index contributed by atoms with van der Waals surface area (Å²) in [6.07, 6.45) is -4.26. The highest BCUT2D eigenvalue weighted by Gasteiger charge is 2.37. The number of hydrogen-bond donors (Lipinski definition) is 1. The number of rotatable bonds is 6. The number of alkyl halides is 3. The lowest BCUT2D eigenvalue weighted by molar-refractivity contribution is -0.165. The monoisotopic (exact) mass is 388 g/mol. The molecular weight excluding hydrogens is 365 g/mol. The molecule has 1 saturated heterocycles. The second-order valence-corrected chi connectivity index (χ2v) is 6.42. The van der Waals surface area contributed by atoms with Crippen LogP contribution in [0.5, 0.6) is 0 Å². The van der Waals surface area contributed by atoms with Gasteiger partial charge in [-0.1, -0.05) is 30.3 Å². The molecule has 0 radical (unpaired) electrons. The quantitative estimate of drug-likeness (QED) is 0.813. The van der Waals surface area contributed by atoms with E-state index in [4.69, 9.17) is 9.84 Å². The van der Waals surface area contributed by atoms with Crippen molar-refractivity contribution in [2.24, 2.45) is 5.92 Å². The number of amides is 2. The molecular formula is C18H23F3N2O4. The van der Waals surface area contributed by atoms with Crippen molar-refractivity contribution in [3.63, 3.8) is 0 Å². The van der Waals surface area contributed by atoms with Crippen LogP contribution in [-0.2, 0) is 16.1 Å². The van der Waals surface area contributed by atoms with E-state index >= 15 is 0 Å². The summed E-state index contributed by atoms with van der Waals surface area (Å²) in [5, 5.41) is 8.95. The number of nitrogens with zero attached hydrogens (tertiary/aromatic N) is 2. The zero-order valence-electron chi connectivity index (χ0n) is 14.8. The highest BCUT2D eigenvalue weighted by Crippen LogP contribution is 2.23. The minimum Gasteiger partial charge on any atom is -0.445 e. The molecule has 9 heteroatoms. The van der Waals surface area contributed by atoms with Gasteiger partial charge in [0.05, 0.1) is 12.5 Å². The van der Waals surface area contributed by atoms with Crippen LogP contribution < -0.4 is 0 Å². The molecule has 0 bridgehead atoms. The molecule has 2 rings (SSSR count). The molecule has 1 aromatic rings. The second-order valence-electron chi connectivity index (χ2n) is 6.42. The lowest BCUT2D eigenvalue weighted by Crippen LogP contribution is -2.49. The van der Waals surface area contributed by atoms with Crippen LogP contribution in [0.15, 0.2) is 30.3 Å². The van der Waals surface area contributed by atoms with Crippen LogP contribution in [0, 0.1) is 5.92 Å². The fourth-order valence-corrected chi connectivity index (χ4v) is 3.02. The highest BCUT2D eigenvalue weighted by atomic mass is 19.4. The number of likely N-dealkylation sites (tertiary alicyclic amines) is 1. The number of carbonyl (C=O) groups excluding carboxylic acids is 2. The molecule has 6 nitrogen and oxygen atoms in total. The predicted octanol–water partition coefficient (Wildman–Crippen LogP) is 2.42. The van der Waals surface area contributed by atoms with Crippen molar-refractivity contribution in [1.29, 1.82) is 0 Å². The molecule has 1 aliphatic rings. The van der Waals surface area contributed by atoms with Crippen LogP contribution in [0.2, 0.25) is 0 Å². The fraction of sp³-hybridized carbons (Fsp3) is 0.556. The zero-order valence-corrected chi connectivity index (χ0v) is 14.8. The summed E-state index contributed by atoms with van der Waals surface area (Å²) in [4.78, 5) is 26.6. The van der Waals surface area contributed by atoms with Gasteiger partial charge in [-0.3, -0.25) is 4.79 Å². The van der Waals surface area contributed by atoms with Gasteiger partial charge in [0.15, 0.2) is 0 Å². The first-order valence-electron chi connectivity index (χ1n) is 8.72. The van der Waals surface area contributed by atoms with Gasteiger partial charge < -0.3 is 19.6 Å². The minimum atomic E-state index is -4.55. The van der Waals surface area contributed by atoms with Crippen LogP contribution in [0.1, 0.15) is 18.4 Å². The Morgan fingerprint density at radius 2 is 1.96 bits per heavy atom. The molecule has 0 spiro atoms. The third-order valence-electron chi connectivity index (χ3n) is 4.29. The Hall–Kier alpha value is -2.29. The third kappa shape index (κ3) is 6.74. The topological polar surface area (TPSA) is 70.1 Å². The van der Waals surface area contributed by atoms with Crippen LogP contribution >= 0.6 is 0 Å². The van der Waals surface area contributed by atoms with Crippen molar-refractivity contribution in [3.05, 3.63) is 35.9 Å². The summed E-state index contributed by atoms with van der Waals surface area (Å²) in [6, 6.07) is 9.08. The summed E-state index contributed by atoms with van der Waals surface area (Å²) >= 11 is 0. The molecule has 2 amide bonds. The van der Waals surface area contributed by atoms with E-state index < -0.39 is 43.8 Å². The van der Waals surface area contributed by atoms with E-state index in [1.165, 1.54) is 4.90 Å². The summed E-state index contributed by atoms with van der Waals surface area (Å²) in [5.41, 5.74) is 0.815. The zero-order chi connectivity index (χ0) is 19.9. The predicted molar refractivity (Wildman–Crippen MR) is 90.6 cm³/mol. The first-order chi connectivity index (χ1) is 12.8. The summed E-state index contributed by atoms with van der Waals surface area (Å²) in [6.45, 7) is -1.89. The van der Waals surface area contributed by atoms with Gasteiger partial charge in [-0.2, -0.15) is 13.2 Å². The van der Waals surface area contributed by atoms with E-state index in [1.807, 2.05) is 18.2 Å². The Labute approximate surface area is 155 Å². The van der Waals surface area contributed by atoms with Gasteiger partial charge in [0.1, 0.15) is 13.2 Å². The Kier molecular flexibility index (Phi) is 7.46. The molecule has 1 atom stereocenters. The van der Waals surface area contributed by atoms with Gasteiger partial charge in [-0.25, -0.2) is 4.79 Å². The standard InChI is InChI=1S/C18H23F3N2O4/c19-18(20,21)13-23(9-10-24)16(25)15-7-4-8-22(11-15)17(26)27-12-14-5-2-1-3-6-14/h1-3,5-6,15,24H,4,7-13H2. The smallest absolute Gasteiger partial charge is 0.410 e. The Morgan fingerprint density at radius 3 is 2.59 bits per heavy atom. The van der Waals surface area contributed by atoms with Crippen LogP contribution in [0.3, 0.4) is 0 Å². The molecule has 0 aromatic heterocycles. The van der Waals surface area contributed by atoms with Crippen molar-refractivity contribution in [2.75, 3.05) is 32.8 Å². The Morgan fingerprint density at radius 1 is 1.26 bits per heavy atom. The van der Waals surface area contributed by atoms with E-state index in [-0.39, 0.29) is 13.2 Å². The van der Waals surface area contributed by atoms with Crippen LogP contribution in [0.4, 0.5) is 18.0 Å². The number of hydrogen-bond acceptors (Lipinski definition) is 4. The molecule has 1 aliphatic heterocycles. The first-order valence-corrected chi connectivity index (χ1v) is 8.72. The van der Waals surface area contributed by atoms with Crippen molar-refractivity contribution in [3.8, 4) is 0 Å². The van der Waals surface area contributed by atoms with E-state index in [9.17, 15) is 22.8 Å². The minimum absolute atomic E-state index is 0.00619. The fourth-order valence-electron chi connectivity index (χ4n) is 3.02. The van der Waals surface area contributed by atoms with Crippen molar-refractivity contribution >= 4 is 12.0 Å². The SMILES string of the molecule is O=C(OCc1ccccc1)N1CCCC(C(=O)N(CCO)CC(F)(F)F)C1. The van der Waals surface area contributed by atoms with Gasteiger partial charge in [0.25, 0.3) is 0 Å². The summed E-state index contributed by atoms with van der Waals surface area (Å²) in [5.74, 6) is -1.45. The first kappa shape index (κ1) is 21.0. The number of carbonyl (C=O) groups is 2. The molecule has 150 valence electrons. The maximum absolute atomic E-state index is 12.7. The Bertz CT molecular complexity index is 625. The van der Waals surface area contributed by atoms with Gasteiger partial charge in [0.2, 0.25) is 5.91 Å². The number of ether oxygens (including phenoxy) is 1. The molecule has 1 unspecified atom stereocenters. The molecule has 27 heavy (non-hydrogen) atoms. The molecule has 1 N–H and O–H groups in total. The summed E-state index contributed by atoms with van der Waals surface area (Å²) < 4.78 is 43.2. The second kappa shape index (κ2) is 9.59. The van der Waals surface area contributed by atoms with E-state index in [2.05, 4.69) is 0 Å². The molecule has 0 saturated carbocycles. The lowest BCUT2D eigenvalue weighted by atomic mass is 9.96. The number of aliphatic hydroxyl groups is 1. The normalized spacial score (nSPS) is 17.5. The Balaban J connectivity index is 1.92. The number of halogens is 3. The van der Waals surface area contributed by atoms with Gasteiger partial charge in [-0.15, -0.1) is 0 Å². The highest BCUT2D eigenvalue weighted by molar-refractivity contribution is 5.80. The molecule has 1 aromatic carbocycles. The van der Waals surface area contributed by atoms with E-state index in [0.29, 0.717) is 24.3 Å². The van der Waals surface area contributed by atoms with Crippen molar-refractivity contribution in [1.82, 2.24) is 9.80 Å². The average molecular weight is 388 g/mol. The average Bonchev–Trinajstić information content (AvgIpc) is 2.65. The van der Waals surface area contributed by atoms with Crippen molar-refractivity contribution < 1.29 is 32.6 Å². The number of aliphatic hydroxyl groups excluding tert-OH is 1. The van der Waals surface area contributed by atoms with E-state index in [0.717, 1.165) is 5.56 Å². The number of piperidine rings is 1. The lowest BCUT2D eigenvalue weighted by Gasteiger charge is -2.34. The molecule has 0 aliphatic carbocycles. The van der Waals surface area contributed by atoms with Crippen LogP contribution in [-0.4, -0.2) is 65.9 Å². The van der Waals surface area contributed by atoms with Gasteiger partial charge >= 0.3 is 12.3 Å². The van der Waals surface area contributed by atoms with Crippen LogP contribution in [0.25, 0.3) is 0 Å². The van der Waals surface area contributed by atoms with Crippen molar-refractivity contribution in [2.45, 2.75) is 25.6 Å².